The average molecular weight is 586 g/mol. The largest absolute Gasteiger partial charge is 0.352 e. The molecule has 0 unspecified atom stereocenters. The van der Waals surface area contributed by atoms with Gasteiger partial charge >= 0.3 is 0 Å². The Morgan fingerprint density at radius 3 is 2.68 bits per heavy atom. The first-order chi connectivity index (χ1) is 18.4. The third-order valence-electron chi connectivity index (χ3n) is 6.40. The molecule has 2 aromatic carbocycles. The molecule has 10 heteroatoms. The lowest BCUT2D eigenvalue weighted by molar-refractivity contribution is -0.123. The molecule has 4 aromatic rings. The summed E-state index contributed by atoms with van der Waals surface area (Å²) < 4.78 is 1.71. The van der Waals surface area contributed by atoms with Gasteiger partial charge in [-0.25, -0.2) is 4.68 Å². The number of halogens is 2. The number of fused-ring (bicyclic) bond motifs is 1. The number of thioether (sulfide) groups is 1. The van der Waals surface area contributed by atoms with Crippen molar-refractivity contribution in [1.82, 2.24) is 15.1 Å². The number of aromatic nitrogens is 2. The van der Waals surface area contributed by atoms with Gasteiger partial charge in [0.05, 0.1) is 26.6 Å². The predicted molar refractivity (Wildman–Crippen MR) is 158 cm³/mol. The Balaban J connectivity index is 1.78. The molecule has 0 aliphatic carbocycles. The van der Waals surface area contributed by atoms with Gasteiger partial charge in [0.1, 0.15) is 18.1 Å². The SMILES string of the molecule is CC[C@H](C)NC(=O)CN1C(=O)CS[C@@H](c2cccc(Cl)c2)c2c(-c3cccs3)nn(-c3ccccc3Cl)c21. The number of carbonyl (C=O) groups is 2. The molecular weight excluding hydrogens is 559 g/mol. The van der Waals surface area contributed by atoms with E-state index in [0.717, 1.165) is 28.1 Å². The first-order valence-electron chi connectivity index (χ1n) is 12.3. The van der Waals surface area contributed by atoms with Gasteiger partial charge in [-0.15, -0.1) is 23.1 Å². The summed E-state index contributed by atoms with van der Waals surface area (Å²) in [6, 6.07) is 19.0. The third kappa shape index (κ3) is 5.36. The lowest BCUT2D eigenvalue weighted by Gasteiger charge is -2.24. The summed E-state index contributed by atoms with van der Waals surface area (Å²) in [4.78, 5) is 29.3. The number of para-hydroxylation sites is 1. The minimum atomic E-state index is -0.247. The van der Waals surface area contributed by atoms with Gasteiger partial charge in [-0.05, 0) is 54.6 Å². The lowest BCUT2D eigenvalue weighted by Crippen LogP contribution is -2.44. The molecule has 6 nitrogen and oxygen atoms in total. The van der Waals surface area contributed by atoms with E-state index in [-0.39, 0.29) is 35.4 Å². The van der Waals surface area contributed by atoms with E-state index in [2.05, 4.69) is 5.32 Å². The Kier molecular flexibility index (Phi) is 8.14. The Hall–Kier alpha value is -2.78. The van der Waals surface area contributed by atoms with E-state index in [4.69, 9.17) is 28.3 Å². The van der Waals surface area contributed by atoms with E-state index in [9.17, 15) is 9.59 Å². The van der Waals surface area contributed by atoms with Crippen molar-refractivity contribution >= 4 is 63.9 Å². The molecule has 2 amide bonds. The molecule has 0 fully saturated rings. The highest BCUT2D eigenvalue weighted by molar-refractivity contribution is 8.00. The highest BCUT2D eigenvalue weighted by Gasteiger charge is 2.38. The van der Waals surface area contributed by atoms with Crippen LogP contribution in [0.4, 0.5) is 5.82 Å². The number of benzene rings is 2. The normalized spacial score (nSPS) is 16.2. The van der Waals surface area contributed by atoms with Gasteiger partial charge in [-0.3, -0.25) is 14.5 Å². The molecule has 0 saturated heterocycles. The van der Waals surface area contributed by atoms with Crippen LogP contribution in [0.3, 0.4) is 0 Å². The van der Waals surface area contributed by atoms with Crippen LogP contribution in [0, 0.1) is 0 Å². The van der Waals surface area contributed by atoms with Gasteiger partial charge < -0.3 is 5.32 Å². The molecule has 1 N–H and O–H groups in total. The van der Waals surface area contributed by atoms with Gasteiger partial charge in [-0.2, -0.15) is 5.10 Å². The van der Waals surface area contributed by atoms with E-state index in [0.29, 0.717) is 21.6 Å². The molecule has 1 aliphatic rings. The standard InChI is InChI=1S/C28H26Cl2N4O2S2/c1-3-17(2)31-23(35)15-33-24(36)16-38-27(18-8-6-9-19(29)14-18)25-26(22-12-7-13-37-22)32-34(28(25)33)21-11-5-4-10-20(21)30/h4-14,17,27H,3,15-16H2,1-2H3,(H,31,35)/t17-,27-/m0/s1. The highest BCUT2D eigenvalue weighted by Crippen LogP contribution is 2.49. The molecule has 196 valence electrons. The lowest BCUT2D eigenvalue weighted by atomic mass is 10.0. The number of nitrogens with one attached hydrogen (secondary N) is 1. The maximum Gasteiger partial charge on any atom is 0.240 e. The van der Waals surface area contributed by atoms with Crippen LogP contribution in [-0.2, 0) is 9.59 Å². The molecule has 38 heavy (non-hydrogen) atoms. The topological polar surface area (TPSA) is 67.2 Å². The van der Waals surface area contributed by atoms with Crippen molar-refractivity contribution in [2.24, 2.45) is 0 Å². The monoisotopic (exact) mass is 584 g/mol. The van der Waals surface area contributed by atoms with Crippen LogP contribution in [0.15, 0.2) is 66.0 Å². The zero-order valence-electron chi connectivity index (χ0n) is 20.9. The highest BCUT2D eigenvalue weighted by atomic mass is 35.5. The summed E-state index contributed by atoms with van der Waals surface area (Å²) in [6.07, 6.45) is 0.789. The average Bonchev–Trinajstić information content (AvgIpc) is 3.53. The second kappa shape index (κ2) is 11.5. The number of anilines is 1. The number of amides is 2. The van der Waals surface area contributed by atoms with Crippen molar-refractivity contribution in [3.8, 4) is 16.3 Å². The smallest absolute Gasteiger partial charge is 0.240 e. The fraction of sp³-hybridized carbons (Fsp3) is 0.250. The fourth-order valence-electron chi connectivity index (χ4n) is 4.40. The Labute approximate surface area is 239 Å². The van der Waals surface area contributed by atoms with Crippen molar-refractivity contribution in [2.45, 2.75) is 31.6 Å². The van der Waals surface area contributed by atoms with Gasteiger partial charge in [0.2, 0.25) is 11.8 Å². The van der Waals surface area contributed by atoms with Crippen LogP contribution in [0.5, 0.6) is 0 Å². The van der Waals surface area contributed by atoms with Gasteiger partial charge in [0.15, 0.2) is 0 Å². The van der Waals surface area contributed by atoms with Crippen LogP contribution < -0.4 is 10.2 Å². The molecule has 0 radical (unpaired) electrons. The Bertz CT molecular complexity index is 1470. The van der Waals surface area contributed by atoms with Crippen LogP contribution in [-0.4, -0.2) is 39.9 Å². The number of hydrogen-bond acceptors (Lipinski definition) is 5. The third-order valence-corrected chi connectivity index (χ3v) is 9.08. The summed E-state index contributed by atoms with van der Waals surface area (Å²) in [5.41, 5.74) is 3.18. The second-order valence-electron chi connectivity index (χ2n) is 9.03. The van der Waals surface area contributed by atoms with Crippen LogP contribution >= 0.6 is 46.3 Å². The Morgan fingerprint density at radius 2 is 1.97 bits per heavy atom. The minimum absolute atomic E-state index is 0.00667. The molecule has 0 saturated carbocycles. The van der Waals surface area contributed by atoms with Crippen LogP contribution in [0.25, 0.3) is 16.3 Å². The summed E-state index contributed by atoms with van der Waals surface area (Å²) in [7, 11) is 0. The molecule has 0 spiro atoms. The first-order valence-corrected chi connectivity index (χ1v) is 14.9. The van der Waals surface area contributed by atoms with Gasteiger partial charge in [-0.1, -0.05) is 60.5 Å². The van der Waals surface area contributed by atoms with Crippen molar-refractivity contribution in [3.05, 3.63) is 87.2 Å². The summed E-state index contributed by atoms with van der Waals surface area (Å²) in [5, 5.41) is 10.9. The van der Waals surface area contributed by atoms with E-state index in [1.54, 1.807) is 27.0 Å². The van der Waals surface area contributed by atoms with E-state index in [1.165, 1.54) is 11.8 Å². The minimum Gasteiger partial charge on any atom is -0.352 e. The van der Waals surface area contributed by atoms with Gasteiger partial charge in [0, 0.05) is 16.6 Å². The molecular formula is C28H26Cl2N4O2S2. The number of carbonyl (C=O) groups excluding carboxylic acids is 2. The first kappa shape index (κ1) is 26.8. The van der Waals surface area contributed by atoms with Crippen LogP contribution in [0.1, 0.15) is 36.6 Å². The summed E-state index contributed by atoms with van der Waals surface area (Å²) >= 11 is 16.1. The summed E-state index contributed by atoms with van der Waals surface area (Å²) in [6.45, 7) is 3.83. The zero-order chi connectivity index (χ0) is 26.8. The molecule has 5 rings (SSSR count). The summed E-state index contributed by atoms with van der Waals surface area (Å²) in [5.74, 6) is 0.329. The maximum absolute atomic E-state index is 13.7. The van der Waals surface area contributed by atoms with Crippen LogP contribution in [0.2, 0.25) is 10.0 Å². The molecule has 2 aromatic heterocycles. The fourth-order valence-corrected chi connectivity index (χ4v) is 6.73. The van der Waals surface area contributed by atoms with E-state index < -0.39 is 0 Å². The predicted octanol–water partition coefficient (Wildman–Crippen LogP) is 6.99. The zero-order valence-corrected chi connectivity index (χ0v) is 24.0. The van der Waals surface area contributed by atoms with E-state index >= 15 is 0 Å². The number of hydrogen-bond donors (Lipinski definition) is 1. The maximum atomic E-state index is 13.7. The molecule has 1 aliphatic heterocycles. The van der Waals surface area contributed by atoms with Crippen molar-refractivity contribution in [1.29, 1.82) is 0 Å². The number of thiophene rings is 1. The second-order valence-corrected chi connectivity index (χ2v) is 11.9. The van der Waals surface area contributed by atoms with Crippen molar-refractivity contribution < 1.29 is 9.59 Å². The molecule has 3 heterocycles. The number of rotatable bonds is 7. The quantitative estimate of drug-likeness (QED) is 0.254. The van der Waals surface area contributed by atoms with E-state index in [1.807, 2.05) is 73.8 Å². The molecule has 2 atom stereocenters. The van der Waals surface area contributed by atoms with Gasteiger partial charge in [0.25, 0.3) is 0 Å². The van der Waals surface area contributed by atoms with Crippen molar-refractivity contribution in [3.63, 3.8) is 0 Å². The number of nitrogens with zero attached hydrogens (tertiary/aromatic N) is 3. The Morgan fingerprint density at radius 1 is 1.16 bits per heavy atom. The molecule has 0 bridgehead atoms. The van der Waals surface area contributed by atoms with Crippen molar-refractivity contribution in [2.75, 3.05) is 17.2 Å².